The van der Waals surface area contributed by atoms with Crippen molar-refractivity contribution in [2.45, 2.75) is 33.1 Å². The molecule has 0 aliphatic heterocycles. The van der Waals surface area contributed by atoms with Crippen LogP contribution >= 0.6 is 27.5 Å². The van der Waals surface area contributed by atoms with E-state index in [4.69, 9.17) is 16.3 Å². The monoisotopic (exact) mass is 330 g/mol. The van der Waals surface area contributed by atoms with Crippen LogP contribution in [0.25, 0.3) is 0 Å². The first-order valence-corrected chi connectivity index (χ1v) is 7.44. The zero-order valence-corrected chi connectivity index (χ0v) is 13.9. The normalized spacial score (nSPS) is 22.6. The molecule has 3 heteroatoms. The molecule has 0 radical (unpaired) electrons. The maximum absolute atomic E-state index is 6.68. The molecule has 0 amide bonds. The van der Waals surface area contributed by atoms with Gasteiger partial charge < -0.3 is 4.74 Å². The second-order valence-corrected chi connectivity index (χ2v) is 7.54. The minimum atomic E-state index is 0.0530. The summed E-state index contributed by atoms with van der Waals surface area (Å²) in [6, 6.07) is 6.10. The Morgan fingerprint density at radius 3 is 2.17 bits per heavy atom. The van der Waals surface area contributed by atoms with Crippen LogP contribution in [0, 0.1) is 16.7 Å². The van der Waals surface area contributed by atoms with Crippen molar-refractivity contribution in [3.05, 3.63) is 28.2 Å². The summed E-state index contributed by atoms with van der Waals surface area (Å²) in [7, 11) is 1.67. The summed E-state index contributed by atoms with van der Waals surface area (Å²) in [5.74, 6) is 1.35. The van der Waals surface area contributed by atoms with Gasteiger partial charge in [0.25, 0.3) is 0 Å². The second-order valence-electron chi connectivity index (χ2n) is 6.22. The molecule has 1 aliphatic carbocycles. The Kier molecular flexibility index (Phi) is 3.48. The molecule has 0 aromatic heterocycles. The maximum Gasteiger partial charge on any atom is 0.133 e. The fourth-order valence-electron chi connectivity index (χ4n) is 3.03. The predicted molar refractivity (Wildman–Crippen MR) is 80.3 cm³/mol. The quantitative estimate of drug-likeness (QED) is 0.672. The van der Waals surface area contributed by atoms with Crippen LogP contribution in [-0.4, -0.2) is 7.11 Å². The van der Waals surface area contributed by atoms with Crippen LogP contribution in [0.5, 0.6) is 5.75 Å². The largest absolute Gasteiger partial charge is 0.496 e. The van der Waals surface area contributed by atoms with E-state index in [2.05, 4.69) is 55.8 Å². The summed E-state index contributed by atoms with van der Waals surface area (Å²) in [5.41, 5.74) is 1.76. The van der Waals surface area contributed by atoms with Crippen molar-refractivity contribution in [1.82, 2.24) is 0 Å². The van der Waals surface area contributed by atoms with E-state index >= 15 is 0 Å². The van der Waals surface area contributed by atoms with Crippen molar-refractivity contribution in [3.8, 4) is 5.75 Å². The highest BCUT2D eigenvalue weighted by Crippen LogP contribution is 2.73. The minimum Gasteiger partial charge on any atom is -0.496 e. The molecule has 1 atom stereocenters. The Bertz CT molecular complexity index is 454. The van der Waals surface area contributed by atoms with Gasteiger partial charge in [-0.3, -0.25) is 0 Å². The maximum atomic E-state index is 6.68. The predicted octanol–water partition coefficient (Wildman–Crippen LogP) is 5.42. The molecule has 18 heavy (non-hydrogen) atoms. The third kappa shape index (κ3) is 1.98. The van der Waals surface area contributed by atoms with Gasteiger partial charge in [0.2, 0.25) is 0 Å². The first-order valence-electron chi connectivity index (χ1n) is 6.21. The third-order valence-electron chi connectivity index (χ3n) is 4.92. The number of methoxy groups -OCH3 is 1. The lowest BCUT2D eigenvalue weighted by atomic mass is 10.0. The van der Waals surface area contributed by atoms with Gasteiger partial charge in [-0.25, -0.2) is 0 Å². The third-order valence-corrected chi connectivity index (χ3v) is 6.04. The molecule has 1 nitrogen and oxygen atoms in total. The van der Waals surface area contributed by atoms with E-state index in [0.29, 0.717) is 16.7 Å². The van der Waals surface area contributed by atoms with Crippen LogP contribution in [-0.2, 0) is 0 Å². The number of hydrogen-bond acceptors (Lipinski definition) is 1. The molecule has 0 bridgehead atoms. The highest BCUT2D eigenvalue weighted by molar-refractivity contribution is 9.10. The summed E-state index contributed by atoms with van der Waals surface area (Å²) in [6.45, 7) is 9.19. The van der Waals surface area contributed by atoms with Gasteiger partial charge in [0.1, 0.15) is 5.75 Å². The van der Waals surface area contributed by atoms with Gasteiger partial charge in [-0.15, -0.1) is 11.6 Å². The van der Waals surface area contributed by atoms with Crippen LogP contribution in [0.2, 0.25) is 0 Å². The van der Waals surface area contributed by atoms with Crippen LogP contribution in [0.15, 0.2) is 22.7 Å². The van der Waals surface area contributed by atoms with E-state index in [9.17, 15) is 0 Å². The van der Waals surface area contributed by atoms with Gasteiger partial charge in [-0.05, 0) is 50.4 Å². The van der Waals surface area contributed by atoms with Crippen LogP contribution < -0.4 is 4.74 Å². The van der Waals surface area contributed by atoms with E-state index in [-0.39, 0.29) is 5.38 Å². The molecule has 1 aliphatic rings. The molecular formula is C15H20BrClO. The van der Waals surface area contributed by atoms with Crippen LogP contribution in [0.1, 0.15) is 38.6 Å². The van der Waals surface area contributed by atoms with Crippen molar-refractivity contribution in [1.29, 1.82) is 0 Å². The average Bonchev–Trinajstić information content (AvgIpc) is 2.68. The van der Waals surface area contributed by atoms with Crippen molar-refractivity contribution in [3.63, 3.8) is 0 Å². The molecule has 2 rings (SSSR count). The lowest BCUT2D eigenvalue weighted by Gasteiger charge is -2.14. The average molecular weight is 332 g/mol. The van der Waals surface area contributed by atoms with Gasteiger partial charge in [-0.1, -0.05) is 33.8 Å². The van der Waals surface area contributed by atoms with Crippen LogP contribution in [0.4, 0.5) is 0 Å². The van der Waals surface area contributed by atoms with E-state index in [0.717, 1.165) is 15.8 Å². The fraction of sp³-hybridized carbons (Fsp3) is 0.600. The molecule has 1 saturated carbocycles. The first kappa shape index (κ1) is 14.2. The summed E-state index contributed by atoms with van der Waals surface area (Å²) in [6.07, 6.45) is 0. The van der Waals surface area contributed by atoms with Gasteiger partial charge in [-0.2, -0.15) is 0 Å². The second kappa shape index (κ2) is 4.42. The zero-order valence-electron chi connectivity index (χ0n) is 11.6. The van der Waals surface area contributed by atoms with E-state index in [1.165, 1.54) is 0 Å². The topological polar surface area (TPSA) is 9.23 Å². The number of hydrogen-bond donors (Lipinski definition) is 0. The summed E-state index contributed by atoms with van der Waals surface area (Å²) in [5, 5.41) is 0.0530. The summed E-state index contributed by atoms with van der Waals surface area (Å²) < 4.78 is 6.21. The molecule has 0 N–H and O–H groups in total. The molecule has 0 spiro atoms. The van der Waals surface area contributed by atoms with E-state index < -0.39 is 0 Å². The smallest absolute Gasteiger partial charge is 0.133 e. The number of rotatable bonds is 3. The molecule has 0 heterocycles. The molecule has 1 aromatic rings. The van der Waals surface area contributed by atoms with E-state index in [1.807, 2.05) is 6.07 Å². The standard InChI is InChI=1S/C15H20BrClO/c1-14(2)13(15(14,3)4)12(17)9-6-7-11(18-5)10(16)8-9/h6-8,12-13H,1-5H3. The molecular weight excluding hydrogens is 312 g/mol. The highest BCUT2D eigenvalue weighted by Gasteiger charge is 2.67. The molecule has 0 saturated heterocycles. The lowest BCUT2D eigenvalue weighted by Crippen LogP contribution is -2.00. The number of halogens is 2. The minimum absolute atomic E-state index is 0.0530. The summed E-state index contributed by atoms with van der Waals surface area (Å²) in [4.78, 5) is 0. The zero-order chi connectivity index (χ0) is 13.7. The molecule has 1 aromatic carbocycles. The van der Waals surface area contributed by atoms with Gasteiger partial charge in [0, 0.05) is 0 Å². The van der Waals surface area contributed by atoms with Crippen molar-refractivity contribution in [2.24, 2.45) is 16.7 Å². The molecule has 100 valence electrons. The Balaban J connectivity index is 2.26. The number of alkyl halides is 1. The first-order chi connectivity index (χ1) is 8.23. The van der Waals surface area contributed by atoms with Crippen molar-refractivity contribution < 1.29 is 4.74 Å². The molecule has 1 unspecified atom stereocenters. The lowest BCUT2D eigenvalue weighted by molar-refractivity contribution is 0.412. The molecule has 1 fully saturated rings. The van der Waals surface area contributed by atoms with Gasteiger partial charge in [0.15, 0.2) is 0 Å². The number of ether oxygens (including phenoxy) is 1. The fourth-order valence-corrected chi connectivity index (χ4v) is 4.35. The Labute approximate surface area is 123 Å². The van der Waals surface area contributed by atoms with E-state index in [1.54, 1.807) is 7.11 Å². The van der Waals surface area contributed by atoms with Crippen molar-refractivity contribution >= 4 is 27.5 Å². The Hall–Kier alpha value is -0.210. The Morgan fingerprint density at radius 2 is 1.78 bits per heavy atom. The highest BCUT2D eigenvalue weighted by atomic mass is 79.9. The number of benzene rings is 1. The SMILES string of the molecule is COc1ccc(C(Cl)C2C(C)(C)C2(C)C)cc1Br. The van der Waals surface area contributed by atoms with Gasteiger partial charge in [0.05, 0.1) is 17.0 Å². The van der Waals surface area contributed by atoms with Crippen molar-refractivity contribution in [2.75, 3.05) is 7.11 Å². The van der Waals surface area contributed by atoms with Gasteiger partial charge >= 0.3 is 0 Å². The summed E-state index contributed by atoms with van der Waals surface area (Å²) >= 11 is 10.2. The van der Waals surface area contributed by atoms with Crippen LogP contribution in [0.3, 0.4) is 0 Å². The Morgan fingerprint density at radius 1 is 1.22 bits per heavy atom.